The van der Waals surface area contributed by atoms with Crippen molar-refractivity contribution in [2.24, 2.45) is 0 Å². The van der Waals surface area contributed by atoms with Crippen LogP contribution < -0.4 is 0 Å². The zero-order valence-corrected chi connectivity index (χ0v) is 27.8. The first kappa shape index (κ1) is 27.4. The van der Waals surface area contributed by atoms with Gasteiger partial charge in [-0.3, -0.25) is 0 Å². The molecular weight excluding hydrogens is 598 g/mol. The molecule has 216 valence electrons. The van der Waals surface area contributed by atoms with Gasteiger partial charge in [0.2, 0.25) is 0 Å². The molecule has 0 spiro atoms. The highest BCUT2D eigenvalue weighted by atomic mass is 79.9. The Morgan fingerprint density at radius 1 is 0.477 bits per heavy atom. The molecule has 2 heteroatoms. The minimum absolute atomic E-state index is 0.0193. The average Bonchev–Trinajstić information content (AvgIpc) is 3.33. The van der Waals surface area contributed by atoms with Gasteiger partial charge in [0.05, 0.1) is 11.0 Å². The maximum atomic E-state index is 3.98. The fraction of sp³-hybridized carbons (Fsp3) is 0.190. The second-order valence-corrected chi connectivity index (χ2v) is 15.2. The van der Waals surface area contributed by atoms with Crippen molar-refractivity contribution in [3.05, 3.63) is 125 Å². The van der Waals surface area contributed by atoms with Crippen molar-refractivity contribution in [1.82, 2.24) is 4.57 Å². The quantitative estimate of drug-likeness (QED) is 0.167. The van der Waals surface area contributed by atoms with Gasteiger partial charge in [-0.1, -0.05) is 124 Å². The summed E-state index contributed by atoms with van der Waals surface area (Å²) in [6.07, 6.45) is 0. The van der Waals surface area contributed by atoms with Gasteiger partial charge < -0.3 is 4.57 Å². The van der Waals surface area contributed by atoms with Crippen LogP contribution in [0.1, 0.15) is 52.7 Å². The van der Waals surface area contributed by atoms with Gasteiger partial charge in [0, 0.05) is 20.9 Å². The minimum Gasteiger partial charge on any atom is -0.309 e. The number of para-hydroxylation sites is 2. The van der Waals surface area contributed by atoms with Crippen LogP contribution in [0.4, 0.5) is 0 Å². The van der Waals surface area contributed by atoms with Gasteiger partial charge in [-0.2, -0.15) is 0 Å². The highest BCUT2D eigenvalue weighted by Crippen LogP contribution is 2.48. The van der Waals surface area contributed by atoms with Crippen LogP contribution in [0, 0.1) is 0 Å². The topological polar surface area (TPSA) is 4.93 Å². The first-order valence-electron chi connectivity index (χ1n) is 15.6. The summed E-state index contributed by atoms with van der Waals surface area (Å²) in [7, 11) is 0. The number of rotatable bonds is 2. The molecular formula is C42H36BrN. The van der Waals surface area contributed by atoms with E-state index in [-0.39, 0.29) is 10.8 Å². The number of aromatic nitrogens is 1. The number of fused-ring (bicyclic) bond motifs is 3. The van der Waals surface area contributed by atoms with Crippen molar-refractivity contribution >= 4 is 70.1 Å². The van der Waals surface area contributed by atoms with E-state index in [0.29, 0.717) is 0 Å². The Balaban J connectivity index is 1.50. The molecule has 0 radical (unpaired) electrons. The Labute approximate surface area is 267 Å². The smallest absolute Gasteiger partial charge is 0.0541 e. The van der Waals surface area contributed by atoms with E-state index in [0.717, 1.165) is 0 Å². The van der Waals surface area contributed by atoms with Gasteiger partial charge >= 0.3 is 0 Å². The molecule has 0 N–H and O–H groups in total. The second kappa shape index (κ2) is 9.43. The van der Waals surface area contributed by atoms with Crippen molar-refractivity contribution in [3.63, 3.8) is 0 Å². The van der Waals surface area contributed by atoms with Crippen molar-refractivity contribution in [1.29, 1.82) is 0 Å². The molecule has 0 amide bonds. The molecule has 0 aliphatic rings. The highest BCUT2D eigenvalue weighted by molar-refractivity contribution is 9.10. The molecule has 0 fully saturated rings. The Hall–Kier alpha value is -4.14. The van der Waals surface area contributed by atoms with Crippen LogP contribution in [-0.2, 0) is 10.8 Å². The summed E-state index contributed by atoms with van der Waals surface area (Å²) < 4.78 is 3.56. The van der Waals surface area contributed by atoms with E-state index in [2.05, 4.69) is 171 Å². The summed E-state index contributed by atoms with van der Waals surface area (Å²) in [4.78, 5) is 0. The lowest BCUT2D eigenvalue weighted by Crippen LogP contribution is -2.13. The van der Waals surface area contributed by atoms with Crippen LogP contribution >= 0.6 is 15.9 Å². The highest BCUT2D eigenvalue weighted by Gasteiger charge is 2.26. The Morgan fingerprint density at radius 3 is 1.75 bits per heavy atom. The van der Waals surface area contributed by atoms with E-state index in [1.165, 1.54) is 86.5 Å². The van der Waals surface area contributed by atoms with Gasteiger partial charge in [-0.25, -0.2) is 0 Å². The van der Waals surface area contributed by atoms with Gasteiger partial charge in [0.25, 0.3) is 0 Å². The van der Waals surface area contributed by atoms with E-state index >= 15 is 0 Å². The van der Waals surface area contributed by atoms with Crippen LogP contribution in [0.25, 0.3) is 70.9 Å². The summed E-state index contributed by atoms with van der Waals surface area (Å²) in [5.41, 5.74) is 8.98. The standard InChI is InChI=1S/C42H36BrN/c1-41(2,3)34-23-32(28-17-18-30-35(42(4,5)6)24-36(43)31-20-19-29(34)39(28)40(30)31)25-16-21-38-33(22-25)27-14-10-11-15-37(27)44(38)26-12-8-7-9-13-26/h7-24H,1-6H3. The maximum absolute atomic E-state index is 3.98. The van der Waals surface area contributed by atoms with Crippen LogP contribution in [0.5, 0.6) is 0 Å². The molecule has 0 unspecified atom stereocenters. The molecule has 0 atom stereocenters. The van der Waals surface area contributed by atoms with Crippen molar-refractivity contribution in [2.75, 3.05) is 0 Å². The van der Waals surface area contributed by atoms with Gasteiger partial charge in [0.15, 0.2) is 0 Å². The van der Waals surface area contributed by atoms with Crippen molar-refractivity contribution < 1.29 is 0 Å². The third-order valence-electron chi connectivity index (χ3n) is 9.46. The number of benzene rings is 7. The predicted molar refractivity (Wildman–Crippen MR) is 195 cm³/mol. The molecule has 0 aliphatic heterocycles. The third kappa shape index (κ3) is 3.97. The molecule has 7 aromatic carbocycles. The number of hydrogen-bond donors (Lipinski definition) is 0. The van der Waals surface area contributed by atoms with Crippen molar-refractivity contribution in [2.45, 2.75) is 52.4 Å². The number of halogens is 1. The second-order valence-electron chi connectivity index (χ2n) is 14.4. The van der Waals surface area contributed by atoms with E-state index in [4.69, 9.17) is 0 Å². The summed E-state index contributed by atoms with van der Waals surface area (Å²) in [6, 6.07) is 40.8. The lowest BCUT2D eigenvalue weighted by Gasteiger charge is -2.28. The van der Waals surface area contributed by atoms with Crippen LogP contribution in [0.15, 0.2) is 114 Å². The monoisotopic (exact) mass is 633 g/mol. The molecule has 44 heavy (non-hydrogen) atoms. The van der Waals surface area contributed by atoms with Crippen molar-refractivity contribution in [3.8, 4) is 16.8 Å². The largest absolute Gasteiger partial charge is 0.309 e. The van der Waals surface area contributed by atoms with E-state index in [9.17, 15) is 0 Å². The first-order chi connectivity index (χ1) is 21.0. The zero-order chi connectivity index (χ0) is 30.5. The molecule has 0 aliphatic carbocycles. The van der Waals surface area contributed by atoms with E-state index < -0.39 is 0 Å². The number of hydrogen-bond acceptors (Lipinski definition) is 0. The third-order valence-corrected chi connectivity index (χ3v) is 10.1. The van der Waals surface area contributed by atoms with E-state index in [1.54, 1.807) is 0 Å². The Kier molecular flexibility index (Phi) is 5.87. The molecule has 0 saturated carbocycles. The lowest BCUT2D eigenvalue weighted by molar-refractivity contribution is 0.595. The summed E-state index contributed by atoms with van der Waals surface area (Å²) >= 11 is 3.98. The fourth-order valence-corrected chi connectivity index (χ4v) is 7.98. The fourth-order valence-electron chi connectivity index (χ4n) is 7.43. The molecule has 1 nitrogen and oxygen atoms in total. The van der Waals surface area contributed by atoms with E-state index in [1.807, 2.05) is 0 Å². The van der Waals surface area contributed by atoms with Crippen LogP contribution in [0.3, 0.4) is 0 Å². The molecule has 8 aromatic rings. The Bertz CT molecular complexity index is 2390. The lowest BCUT2D eigenvalue weighted by atomic mass is 9.77. The Morgan fingerprint density at radius 2 is 1.05 bits per heavy atom. The summed E-state index contributed by atoms with van der Waals surface area (Å²) in [5.74, 6) is 0. The predicted octanol–water partition coefficient (Wildman–Crippen LogP) is 12.7. The van der Waals surface area contributed by atoms with Crippen LogP contribution in [-0.4, -0.2) is 4.57 Å². The molecule has 0 saturated heterocycles. The SMILES string of the molecule is CC(C)(C)c1cc(Br)c2ccc3c(C(C)(C)C)cc(-c4ccc5c(c4)c4ccccc4n5-c4ccccc4)c4ccc1c2c43. The average molecular weight is 635 g/mol. The summed E-state index contributed by atoms with van der Waals surface area (Å²) in [6.45, 7) is 14.0. The molecule has 1 heterocycles. The molecule has 8 rings (SSSR count). The normalized spacial score (nSPS) is 12.9. The zero-order valence-electron chi connectivity index (χ0n) is 26.2. The first-order valence-corrected chi connectivity index (χ1v) is 16.4. The maximum Gasteiger partial charge on any atom is 0.0541 e. The van der Waals surface area contributed by atoms with Gasteiger partial charge in [0.1, 0.15) is 0 Å². The minimum atomic E-state index is -0.0193. The number of nitrogens with zero attached hydrogens (tertiary/aromatic N) is 1. The van der Waals surface area contributed by atoms with Gasteiger partial charge in [-0.05, 0) is 108 Å². The molecule has 0 bridgehead atoms. The molecule has 1 aromatic heterocycles. The van der Waals surface area contributed by atoms with Crippen LogP contribution in [0.2, 0.25) is 0 Å². The summed E-state index contributed by atoms with van der Waals surface area (Å²) in [5, 5.41) is 10.6. The van der Waals surface area contributed by atoms with Gasteiger partial charge in [-0.15, -0.1) is 0 Å².